The molecule has 2 aliphatic rings. The van der Waals surface area contributed by atoms with Crippen molar-refractivity contribution in [3.8, 4) is 5.75 Å². The maximum Gasteiger partial charge on any atom is 0.282 e. The Bertz CT molecular complexity index is 1200. The van der Waals surface area contributed by atoms with E-state index in [0.717, 1.165) is 73.8 Å². The van der Waals surface area contributed by atoms with E-state index in [-0.39, 0.29) is 22.0 Å². The molecule has 2 heterocycles. The molecule has 0 spiro atoms. The summed E-state index contributed by atoms with van der Waals surface area (Å²) in [6.45, 7) is 9.45. The summed E-state index contributed by atoms with van der Waals surface area (Å²) >= 11 is 6.22. The summed E-state index contributed by atoms with van der Waals surface area (Å²) in [7, 11) is -0.290. The zero-order valence-electron chi connectivity index (χ0n) is 24.1. The van der Waals surface area contributed by atoms with Crippen molar-refractivity contribution in [2.75, 3.05) is 36.6 Å². The van der Waals surface area contributed by atoms with Crippen LogP contribution in [0.3, 0.4) is 0 Å². The summed E-state index contributed by atoms with van der Waals surface area (Å²) in [5.74, 6) is 2.81. The van der Waals surface area contributed by atoms with E-state index in [2.05, 4.69) is 60.6 Å². The van der Waals surface area contributed by atoms with Crippen molar-refractivity contribution >= 4 is 33.9 Å². The topological polar surface area (TPSA) is 41.9 Å². The third-order valence-electron chi connectivity index (χ3n) is 8.10. The summed E-state index contributed by atoms with van der Waals surface area (Å²) in [6.07, 6.45) is 14.4. The number of amides is 1. The van der Waals surface area contributed by atoms with Gasteiger partial charge in [-0.15, -0.1) is 0 Å². The van der Waals surface area contributed by atoms with E-state index in [1.807, 2.05) is 30.3 Å². The van der Waals surface area contributed by atoms with Gasteiger partial charge in [0.15, 0.2) is 0 Å². The standard InChI is InChI=1S/C33H45ClN2O2S/c1-5-26-12-8-6-7-11-25(2)22-39(4)35-32(37)28-16-17-31-30(20-28)36(21-26)23-33(3,24-38-31)18-10-14-27-13-9-15-29(34)19-27/h6-7,9,13,15-17,19-20,25-26H,5,8,10-12,14,18,21-24H2,1-4H3/b7-6+. The lowest BCUT2D eigenvalue weighted by atomic mass is 9.84. The highest BCUT2D eigenvalue weighted by Gasteiger charge is 2.33. The SMILES string of the molecule is CCC1CC/C=C/CC(C)CS(C)=NC(=O)c2ccc3c(c2)N(C1)CC(C)(CCCc1cccc(Cl)c1)CO3. The van der Waals surface area contributed by atoms with Crippen LogP contribution in [0.5, 0.6) is 5.75 Å². The van der Waals surface area contributed by atoms with E-state index >= 15 is 0 Å². The number of halogens is 1. The van der Waals surface area contributed by atoms with Crippen LogP contribution in [0.4, 0.5) is 5.69 Å². The van der Waals surface area contributed by atoms with Crippen LogP contribution in [-0.2, 0) is 17.1 Å². The number of rotatable bonds is 5. The predicted octanol–water partition coefficient (Wildman–Crippen LogP) is 8.54. The van der Waals surface area contributed by atoms with Crippen molar-refractivity contribution in [2.45, 2.75) is 65.7 Å². The molecule has 0 aliphatic carbocycles. The summed E-state index contributed by atoms with van der Waals surface area (Å²) in [5, 5.41) is 0.797. The number of allylic oxidation sites excluding steroid dienone is 2. The van der Waals surface area contributed by atoms with Crippen LogP contribution in [-0.4, -0.2) is 37.6 Å². The van der Waals surface area contributed by atoms with E-state index in [4.69, 9.17) is 16.3 Å². The smallest absolute Gasteiger partial charge is 0.282 e. The van der Waals surface area contributed by atoms with Crippen molar-refractivity contribution in [3.63, 3.8) is 0 Å². The molecule has 2 aliphatic heterocycles. The van der Waals surface area contributed by atoms with Crippen molar-refractivity contribution in [2.24, 2.45) is 21.6 Å². The molecule has 4 nitrogen and oxygen atoms in total. The van der Waals surface area contributed by atoms with E-state index < -0.39 is 0 Å². The Balaban J connectivity index is 1.60. The zero-order chi connectivity index (χ0) is 27.8. The third-order valence-corrected chi connectivity index (χ3v) is 9.86. The van der Waals surface area contributed by atoms with E-state index in [0.29, 0.717) is 24.0 Å². The van der Waals surface area contributed by atoms with Crippen LogP contribution in [0.1, 0.15) is 75.2 Å². The number of benzene rings is 2. The lowest BCUT2D eigenvalue weighted by molar-refractivity contribution is 0.101. The Morgan fingerprint density at radius 2 is 2.05 bits per heavy atom. The Morgan fingerprint density at radius 3 is 2.85 bits per heavy atom. The number of hydrogen-bond acceptors (Lipinski definition) is 3. The molecule has 212 valence electrons. The summed E-state index contributed by atoms with van der Waals surface area (Å²) in [6, 6.07) is 14.1. The van der Waals surface area contributed by atoms with Crippen LogP contribution < -0.4 is 9.64 Å². The number of ether oxygens (including phenoxy) is 1. The first kappa shape index (κ1) is 29.9. The normalized spacial score (nSPS) is 27.3. The number of anilines is 1. The second kappa shape index (κ2) is 14.0. The number of fused-ring (bicyclic) bond motifs is 1. The Hall–Kier alpha value is -2.11. The molecule has 2 bridgehead atoms. The van der Waals surface area contributed by atoms with E-state index in [1.54, 1.807) is 0 Å². The van der Waals surface area contributed by atoms with Gasteiger partial charge >= 0.3 is 0 Å². The number of nitrogens with zero attached hydrogens (tertiary/aromatic N) is 2. The largest absolute Gasteiger partial charge is 0.491 e. The fourth-order valence-corrected chi connectivity index (χ4v) is 7.45. The summed E-state index contributed by atoms with van der Waals surface area (Å²) < 4.78 is 11.1. The van der Waals surface area contributed by atoms with Crippen LogP contribution in [0, 0.1) is 17.3 Å². The maximum atomic E-state index is 13.2. The maximum absolute atomic E-state index is 13.2. The van der Waals surface area contributed by atoms with Gasteiger partial charge in [-0.3, -0.25) is 4.79 Å². The second-order valence-electron chi connectivity index (χ2n) is 12.0. The first-order valence-electron chi connectivity index (χ1n) is 14.5. The van der Waals surface area contributed by atoms with Gasteiger partial charge in [0, 0.05) is 34.8 Å². The number of carbonyl (C=O) groups excluding carboxylic acids is 1. The molecule has 39 heavy (non-hydrogen) atoms. The van der Waals surface area contributed by atoms with E-state index in [9.17, 15) is 4.79 Å². The van der Waals surface area contributed by atoms with Crippen molar-refractivity contribution in [1.29, 1.82) is 0 Å². The highest BCUT2D eigenvalue weighted by Crippen LogP contribution is 2.39. The fourth-order valence-electron chi connectivity index (χ4n) is 5.81. The van der Waals surface area contributed by atoms with Gasteiger partial charge < -0.3 is 9.64 Å². The van der Waals surface area contributed by atoms with Crippen LogP contribution in [0.25, 0.3) is 0 Å². The molecule has 2 aromatic carbocycles. The Labute approximate surface area is 243 Å². The molecule has 6 heteroatoms. The highest BCUT2D eigenvalue weighted by molar-refractivity contribution is 7.86. The molecule has 4 rings (SSSR count). The lowest BCUT2D eigenvalue weighted by Crippen LogP contribution is -2.40. The number of carbonyl (C=O) groups is 1. The van der Waals surface area contributed by atoms with Gasteiger partial charge in [-0.25, -0.2) is 0 Å². The van der Waals surface area contributed by atoms with Crippen LogP contribution in [0.15, 0.2) is 59.0 Å². The fraction of sp³-hybridized carbons (Fsp3) is 0.545. The van der Waals surface area contributed by atoms with Gasteiger partial charge in [-0.2, -0.15) is 4.36 Å². The number of hydrogen-bond donors (Lipinski definition) is 0. The van der Waals surface area contributed by atoms with Crippen LogP contribution in [0.2, 0.25) is 5.02 Å². The van der Waals surface area contributed by atoms with Crippen molar-refractivity contribution < 1.29 is 9.53 Å². The minimum absolute atomic E-state index is 0.00277. The Morgan fingerprint density at radius 1 is 1.21 bits per heavy atom. The van der Waals surface area contributed by atoms with Gasteiger partial charge in [0.2, 0.25) is 0 Å². The molecule has 0 saturated heterocycles. The molecule has 0 fully saturated rings. The molecular formula is C33H45ClN2O2S. The average molecular weight is 569 g/mol. The van der Waals surface area contributed by atoms with Gasteiger partial charge in [0.25, 0.3) is 5.91 Å². The molecular weight excluding hydrogens is 524 g/mol. The molecule has 4 unspecified atom stereocenters. The molecule has 2 aromatic rings. The zero-order valence-corrected chi connectivity index (χ0v) is 25.7. The minimum atomic E-state index is -0.290. The third kappa shape index (κ3) is 8.69. The van der Waals surface area contributed by atoms with Gasteiger partial charge in [0.05, 0.1) is 12.3 Å². The average Bonchev–Trinajstić information content (AvgIpc) is 3.03. The Kier molecular flexibility index (Phi) is 10.7. The second-order valence-corrected chi connectivity index (χ2v) is 14.1. The van der Waals surface area contributed by atoms with E-state index in [1.165, 1.54) is 12.0 Å². The summed E-state index contributed by atoms with van der Waals surface area (Å²) in [5.41, 5.74) is 2.99. The molecule has 0 saturated carbocycles. The van der Waals surface area contributed by atoms with Gasteiger partial charge in [-0.1, -0.05) is 73.8 Å². The molecule has 1 amide bonds. The van der Waals surface area contributed by atoms with Crippen LogP contribution >= 0.6 is 11.6 Å². The quantitative estimate of drug-likeness (QED) is 0.339. The molecule has 0 aromatic heterocycles. The summed E-state index contributed by atoms with van der Waals surface area (Å²) in [4.78, 5) is 15.7. The molecule has 4 atom stereocenters. The number of aryl methyl sites for hydroxylation is 1. The lowest BCUT2D eigenvalue weighted by Gasteiger charge is -2.35. The van der Waals surface area contributed by atoms with Gasteiger partial charge in [-0.05, 0) is 92.5 Å². The van der Waals surface area contributed by atoms with Gasteiger partial charge in [0.1, 0.15) is 5.75 Å². The van der Waals surface area contributed by atoms with Crippen molar-refractivity contribution in [3.05, 3.63) is 70.8 Å². The predicted molar refractivity (Wildman–Crippen MR) is 167 cm³/mol. The molecule has 0 N–H and O–H groups in total. The first-order valence-corrected chi connectivity index (χ1v) is 16.7. The van der Waals surface area contributed by atoms with Crippen molar-refractivity contribution in [1.82, 2.24) is 0 Å². The highest BCUT2D eigenvalue weighted by atomic mass is 35.5. The first-order chi connectivity index (χ1) is 18.7. The monoisotopic (exact) mass is 568 g/mol. The minimum Gasteiger partial charge on any atom is -0.491 e. The molecule has 0 radical (unpaired) electrons.